The molecule has 1 aliphatic carbocycles. The highest BCUT2D eigenvalue weighted by atomic mass is 16.5. The molecule has 0 bridgehead atoms. The Hall–Kier alpha value is -1.46. The van der Waals surface area contributed by atoms with Crippen molar-refractivity contribution in [3.05, 3.63) is 29.8 Å². The van der Waals surface area contributed by atoms with Crippen LogP contribution in [-0.2, 0) is 0 Å². The van der Waals surface area contributed by atoms with Gasteiger partial charge in [-0.2, -0.15) is 0 Å². The summed E-state index contributed by atoms with van der Waals surface area (Å²) in [5.74, 6) is 7.68. The third-order valence-corrected chi connectivity index (χ3v) is 3.58. The first-order valence-corrected chi connectivity index (χ1v) is 6.61. The van der Waals surface area contributed by atoms with Crippen LogP contribution < -0.4 is 10.1 Å². The number of nitrogens with one attached hydrogen (secondary N) is 1. The largest absolute Gasteiger partial charge is 0.496 e. The average molecular weight is 243 g/mol. The molecular weight excluding hydrogens is 222 g/mol. The molecule has 0 spiro atoms. The highest BCUT2D eigenvalue weighted by Crippen LogP contribution is 2.40. The average Bonchev–Trinajstić information content (AvgIpc) is 2.36. The van der Waals surface area contributed by atoms with E-state index in [4.69, 9.17) is 4.74 Å². The maximum atomic E-state index is 5.41. The molecular formula is C16H21NO. The van der Waals surface area contributed by atoms with Crippen LogP contribution in [0.25, 0.3) is 0 Å². The zero-order valence-electron chi connectivity index (χ0n) is 11.2. The fourth-order valence-electron chi connectivity index (χ4n) is 2.51. The molecule has 2 rings (SSSR count). The van der Waals surface area contributed by atoms with Crippen molar-refractivity contribution in [2.24, 2.45) is 0 Å². The van der Waals surface area contributed by atoms with E-state index in [9.17, 15) is 0 Å². The molecule has 1 aromatic carbocycles. The number of methoxy groups -OCH3 is 1. The Bertz CT molecular complexity index is 438. The van der Waals surface area contributed by atoms with E-state index in [0.29, 0.717) is 12.0 Å². The number of benzene rings is 1. The lowest BCUT2D eigenvalue weighted by Gasteiger charge is -2.36. The quantitative estimate of drug-likeness (QED) is 0.634. The van der Waals surface area contributed by atoms with Gasteiger partial charge < -0.3 is 10.1 Å². The van der Waals surface area contributed by atoms with Crippen molar-refractivity contribution in [1.82, 2.24) is 5.32 Å². The van der Waals surface area contributed by atoms with Gasteiger partial charge in [-0.05, 0) is 37.3 Å². The van der Waals surface area contributed by atoms with E-state index in [1.165, 1.54) is 18.4 Å². The van der Waals surface area contributed by atoms with Crippen molar-refractivity contribution < 1.29 is 4.74 Å². The molecule has 96 valence electrons. The first-order chi connectivity index (χ1) is 8.85. The topological polar surface area (TPSA) is 21.3 Å². The number of para-hydroxylation sites is 1. The molecule has 0 radical (unpaired) electrons. The van der Waals surface area contributed by atoms with Crippen molar-refractivity contribution >= 4 is 0 Å². The fraction of sp³-hybridized carbons (Fsp3) is 0.500. The molecule has 0 unspecified atom stereocenters. The maximum Gasteiger partial charge on any atom is 0.122 e. The Morgan fingerprint density at radius 1 is 1.33 bits per heavy atom. The molecule has 18 heavy (non-hydrogen) atoms. The summed E-state index contributed by atoms with van der Waals surface area (Å²) < 4.78 is 5.41. The van der Waals surface area contributed by atoms with Crippen LogP contribution >= 0.6 is 0 Å². The summed E-state index contributed by atoms with van der Waals surface area (Å²) in [6, 6.07) is 9.00. The van der Waals surface area contributed by atoms with Crippen LogP contribution in [0.1, 0.15) is 37.7 Å². The minimum atomic E-state index is 0.649. The van der Waals surface area contributed by atoms with Crippen molar-refractivity contribution in [3.63, 3.8) is 0 Å². The highest BCUT2D eigenvalue weighted by Gasteiger charge is 2.31. The zero-order valence-corrected chi connectivity index (χ0v) is 11.2. The van der Waals surface area contributed by atoms with E-state index in [2.05, 4.69) is 29.3 Å². The predicted octanol–water partition coefficient (Wildman–Crippen LogP) is 2.94. The lowest BCUT2D eigenvalue weighted by atomic mass is 9.75. The Labute approximate surface area is 110 Å². The van der Waals surface area contributed by atoms with E-state index in [-0.39, 0.29) is 0 Å². The summed E-state index contributed by atoms with van der Waals surface area (Å²) >= 11 is 0. The molecule has 0 heterocycles. The van der Waals surface area contributed by atoms with Gasteiger partial charge in [0.05, 0.1) is 7.11 Å². The molecule has 2 nitrogen and oxygen atoms in total. The van der Waals surface area contributed by atoms with E-state index in [1.807, 2.05) is 19.1 Å². The van der Waals surface area contributed by atoms with Gasteiger partial charge in [-0.3, -0.25) is 0 Å². The van der Waals surface area contributed by atoms with Gasteiger partial charge in [0.15, 0.2) is 0 Å². The molecule has 1 aliphatic rings. The van der Waals surface area contributed by atoms with Crippen LogP contribution in [0.4, 0.5) is 0 Å². The van der Waals surface area contributed by atoms with Gasteiger partial charge in [0.1, 0.15) is 5.75 Å². The Balaban J connectivity index is 1.79. The van der Waals surface area contributed by atoms with Crippen LogP contribution in [0.15, 0.2) is 24.3 Å². The Morgan fingerprint density at radius 3 is 2.83 bits per heavy atom. The van der Waals surface area contributed by atoms with Crippen molar-refractivity contribution in [1.29, 1.82) is 0 Å². The lowest BCUT2D eigenvalue weighted by molar-refractivity contribution is 0.285. The Morgan fingerprint density at radius 2 is 2.11 bits per heavy atom. The monoisotopic (exact) mass is 243 g/mol. The molecule has 1 fully saturated rings. The number of hydrogen-bond donors (Lipinski definition) is 1. The molecule has 0 amide bonds. The van der Waals surface area contributed by atoms with Crippen molar-refractivity contribution in [2.75, 3.05) is 13.7 Å². The van der Waals surface area contributed by atoms with Gasteiger partial charge in [0.25, 0.3) is 0 Å². The van der Waals surface area contributed by atoms with Gasteiger partial charge >= 0.3 is 0 Å². The Kier molecular flexibility index (Phi) is 4.66. The van der Waals surface area contributed by atoms with Crippen molar-refractivity contribution in [2.45, 2.75) is 38.1 Å². The first-order valence-electron chi connectivity index (χ1n) is 6.61. The van der Waals surface area contributed by atoms with Crippen LogP contribution in [0, 0.1) is 11.8 Å². The summed E-state index contributed by atoms with van der Waals surface area (Å²) in [6.07, 6.45) is 3.37. The molecule has 2 heteroatoms. The van der Waals surface area contributed by atoms with Gasteiger partial charge in [-0.15, -0.1) is 11.8 Å². The third kappa shape index (κ3) is 3.05. The minimum absolute atomic E-state index is 0.649. The second-order valence-electron chi connectivity index (χ2n) is 4.74. The summed E-state index contributed by atoms with van der Waals surface area (Å²) in [7, 11) is 1.75. The molecule has 1 N–H and O–H groups in total. The van der Waals surface area contributed by atoms with Gasteiger partial charge in [-0.1, -0.05) is 18.2 Å². The predicted molar refractivity (Wildman–Crippen MR) is 74.8 cm³/mol. The number of hydrogen-bond acceptors (Lipinski definition) is 2. The zero-order chi connectivity index (χ0) is 12.8. The summed E-state index contributed by atoms with van der Waals surface area (Å²) in [6.45, 7) is 2.89. The van der Waals surface area contributed by atoms with E-state index >= 15 is 0 Å². The maximum absolute atomic E-state index is 5.41. The smallest absolute Gasteiger partial charge is 0.122 e. The molecule has 0 atom stereocenters. The standard InChI is InChI=1S/C16H21NO/c1-3-4-7-10-17-14-11-13(12-14)15-8-5-6-9-16(15)18-2/h5-6,8-9,13-14,17H,7,10-12H2,1-2H3. The number of ether oxygens (including phenoxy) is 1. The summed E-state index contributed by atoms with van der Waals surface area (Å²) in [5, 5.41) is 3.55. The second-order valence-corrected chi connectivity index (χ2v) is 4.74. The minimum Gasteiger partial charge on any atom is -0.496 e. The fourth-order valence-corrected chi connectivity index (χ4v) is 2.51. The normalized spacial score (nSPS) is 21.7. The highest BCUT2D eigenvalue weighted by molar-refractivity contribution is 5.37. The molecule has 0 aromatic heterocycles. The second kappa shape index (κ2) is 6.47. The molecule has 1 saturated carbocycles. The van der Waals surface area contributed by atoms with Crippen LogP contribution in [0.2, 0.25) is 0 Å². The summed E-state index contributed by atoms with van der Waals surface area (Å²) in [4.78, 5) is 0. The van der Waals surface area contributed by atoms with Crippen LogP contribution in [0.5, 0.6) is 5.75 Å². The van der Waals surface area contributed by atoms with E-state index in [1.54, 1.807) is 7.11 Å². The molecule has 1 aromatic rings. The number of rotatable bonds is 5. The third-order valence-electron chi connectivity index (χ3n) is 3.58. The van der Waals surface area contributed by atoms with Crippen LogP contribution in [0.3, 0.4) is 0 Å². The lowest BCUT2D eigenvalue weighted by Crippen LogP contribution is -2.40. The summed E-state index contributed by atoms with van der Waals surface area (Å²) in [5.41, 5.74) is 1.35. The molecule has 0 aliphatic heterocycles. The van der Waals surface area contributed by atoms with Gasteiger partial charge in [0, 0.05) is 19.0 Å². The van der Waals surface area contributed by atoms with E-state index < -0.39 is 0 Å². The molecule has 0 saturated heterocycles. The van der Waals surface area contributed by atoms with E-state index in [0.717, 1.165) is 18.7 Å². The first kappa shape index (κ1) is 13.0. The van der Waals surface area contributed by atoms with Gasteiger partial charge in [-0.25, -0.2) is 0 Å². The van der Waals surface area contributed by atoms with Gasteiger partial charge in [0.2, 0.25) is 0 Å². The van der Waals surface area contributed by atoms with Crippen molar-refractivity contribution in [3.8, 4) is 17.6 Å². The van der Waals surface area contributed by atoms with Crippen LogP contribution in [-0.4, -0.2) is 19.7 Å². The SMILES string of the molecule is CC#CCCNC1CC(c2ccccc2OC)C1.